The van der Waals surface area contributed by atoms with E-state index in [9.17, 15) is 26.3 Å². The molecule has 0 aliphatic carbocycles. The number of hydrogen-bond acceptors (Lipinski definition) is 4. The SMILES string of the molecule is Fc1ccc(Cc2ccc3c(c2)c(Cc2ccc(F)nc2F)c(Cc2ccc(F)nc2F)c2cc(Cc4ccc(F)nc4F)ccc23)c(F)n1. The molecule has 0 atom stereocenters. The van der Waals surface area contributed by atoms with Gasteiger partial charge >= 0.3 is 0 Å². The van der Waals surface area contributed by atoms with Crippen molar-refractivity contribution in [2.45, 2.75) is 25.7 Å². The molecule has 4 heterocycles. The summed E-state index contributed by atoms with van der Waals surface area (Å²) in [7, 11) is 0. The highest BCUT2D eigenvalue weighted by Gasteiger charge is 2.21. The summed E-state index contributed by atoms with van der Waals surface area (Å²) in [5.74, 6) is -8.11. The van der Waals surface area contributed by atoms with Crippen molar-refractivity contribution in [1.82, 2.24) is 19.9 Å². The van der Waals surface area contributed by atoms with Gasteiger partial charge in [-0.05, 0) is 92.3 Å². The molecule has 0 N–H and O–H groups in total. The van der Waals surface area contributed by atoms with Crippen LogP contribution in [0.1, 0.15) is 44.5 Å². The number of fused-ring (bicyclic) bond motifs is 3. The normalized spacial score (nSPS) is 11.5. The van der Waals surface area contributed by atoms with Crippen LogP contribution in [0, 0.1) is 47.6 Å². The van der Waals surface area contributed by atoms with Crippen LogP contribution in [0.4, 0.5) is 35.1 Å². The number of pyridine rings is 4. The number of aromatic nitrogens is 4. The lowest BCUT2D eigenvalue weighted by molar-refractivity contribution is 0.503. The van der Waals surface area contributed by atoms with Crippen molar-refractivity contribution in [3.8, 4) is 0 Å². The number of rotatable bonds is 8. The van der Waals surface area contributed by atoms with Gasteiger partial charge in [-0.3, -0.25) is 0 Å². The molecule has 250 valence electrons. The molecule has 4 aromatic heterocycles. The van der Waals surface area contributed by atoms with Crippen LogP contribution in [0.2, 0.25) is 0 Å². The topological polar surface area (TPSA) is 51.6 Å². The van der Waals surface area contributed by atoms with Crippen molar-refractivity contribution >= 4 is 21.5 Å². The Morgan fingerprint density at radius 1 is 0.320 bits per heavy atom. The molecular formula is C38H22F8N4. The maximum absolute atomic E-state index is 15.1. The van der Waals surface area contributed by atoms with Crippen molar-refractivity contribution < 1.29 is 35.1 Å². The number of nitrogens with zero attached hydrogens (tertiary/aromatic N) is 4. The fraction of sp³-hybridized carbons (Fsp3) is 0.105. The van der Waals surface area contributed by atoms with Crippen molar-refractivity contribution in [2.75, 3.05) is 0 Å². The monoisotopic (exact) mass is 686 g/mol. The summed E-state index contributed by atoms with van der Waals surface area (Å²) in [4.78, 5) is 13.2. The minimum absolute atomic E-state index is 0.0146. The molecular weight excluding hydrogens is 664 g/mol. The van der Waals surface area contributed by atoms with E-state index in [1.54, 1.807) is 36.4 Å². The van der Waals surface area contributed by atoms with Gasteiger partial charge in [0.05, 0.1) is 0 Å². The molecule has 3 aromatic carbocycles. The standard InChI is InChI=1S/C38H22F8N4/c39-31-9-3-21(35(43)47-31)13-19-1-7-25-26-8-2-20(14-22-4-10-32(40)48-36(22)44)16-28(26)30(18-24-6-12-34(42)50-38(24)46)29(27(25)15-19)17-23-5-11-33(41)49-37(23)45/h1-12,15-16H,13-14,17-18H2. The molecule has 12 heteroatoms. The molecule has 4 nitrogen and oxygen atoms in total. The van der Waals surface area contributed by atoms with Crippen molar-refractivity contribution in [1.29, 1.82) is 0 Å². The van der Waals surface area contributed by atoms with Gasteiger partial charge in [-0.1, -0.05) is 36.4 Å². The highest BCUT2D eigenvalue weighted by Crippen LogP contribution is 2.38. The lowest BCUT2D eigenvalue weighted by atomic mass is 9.84. The van der Waals surface area contributed by atoms with Crippen LogP contribution in [0.3, 0.4) is 0 Å². The van der Waals surface area contributed by atoms with Crippen LogP contribution in [0.15, 0.2) is 84.9 Å². The average Bonchev–Trinajstić information content (AvgIpc) is 3.07. The molecule has 0 amide bonds. The number of benzene rings is 3. The Morgan fingerprint density at radius 3 is 0.920 bits per heavy atom. The van der Waals surface area contributed by atoms with E-state index >= 15 is 8.78 Å². The average molecular weight is 687 g/mol. The third-order valence-corrected chi connectivity index (χ3v) is 8.56. The van der Waals surface area contributed by atoms with E-state index in [2.05, 4.69) is 19.9 Å². The molecule has 0 bridgehead atoms. The zero-order valence-electron chi connectivity index (χ0n) is 25.7. The second-order valence-electron chi connectivity index (χ2n) is 11.8. The molecule has 0 aliphatic rings. The summed E-state index contributed by atoms with van der Waals surface area (Å²) in [6.07, 6.45) is -0.288. The molecule has 0 unspecified atom stereocenters. The summed E-state index contributed by atoms with van der Waals surface area (Å²) < 4.78 is 114. The zero-order valence-corrected chi connectivity index (χ0v) is 25.7. The summed E-state index contributed by atoms with van der Waals surface area (Å²) in [6, 6.07) is 19.6. The third kappa shape index (κ3) is 6.60. The Labute approximate surface area is 279 Å². The van der Waals surface area contributed by atoms with Crippen molar-refractivity contribution in [3.05, 3.63) is 177 Å². The fourth-order valence-corrected chi connectivity index (χ4v) is 6.21. The predicted molar refractivity (Wildman–Crippen MR) is 169 cm³/mol. The second-order valence-corrected chi connectivity index (χ2v) is 11.8. The van der Waals surface area contributed by atoms with E-state index in [-0.39, 0.29) is 47.9 Å². The van der Waals surface area contributed by atoms with Gasteiger partial charge in [0.2, 0.25) is 47.6 Å². The van der Waals surface area contributed by atoms with E-state index in [1.807, 2.05) is 0 Å². The maximum atomic E-state index is 15.1. The van der Waals surface area contributed by atoms with E-state index in [0.29, 0.717) is 43.8 Å². The smallest absolute Gasteiger partial charge is 0.190 e. The lowest BCUT2D eigenvalue weighted by Crippen LogP contribution is -2.06. The van der Waals surface area contributed by atoms with Crippen LogP contribution in [-0.4, -0.2) is 19.9 Å². The molecule has 0 spiro atoms. The second kappa shape index (κ2) is 13.3. The zero-order chi connectivity index (χ0) is 35.1. The van der Waals surface area contributed by atoms with Gasteiger partial charge in [0.25, 0.3) is 0 Å². The van der Waals surface area contributed by atoms with Crippen LogP contribution in [-0.2, 0) is 25.7 Å². The van der Waals surface area contributed by atoms with Gasteiger partial charge in [-0.2, -0.15) is 55.1 Å². The molecule has 0 saturated carbocycles. The quantitative estimate of drug-likeness (QED) is 0.0910. The van der Waals surface area contributed by atoms with E-state index < -0.39 is 47.6 Å². The highest BCUT2D eigenvalue weighted by molar-refractivity contribution is 6.11. The summed E-state index contributed by atoms with van der Waals surface area (Å²) in [5, 5.41) is 2.44. The minimum atomic E-state index is -1.07. The largest absolute Gasteiger partial charge is 0.219 e. The fourth-order valence-electron chi connectivity index (χ4n) is 6.21. The van der Waals surface area contributed by atoms with E-state index in [4.69, 9.17) is 0 Å². The first-order valence-corrected chi connectivity index (χ1v) is 15.2. The predicted octanol–water partition coefficient (Wildman–Crippen LogP) is 9.05. The molecule has 0 aliphatic heterocycles. The molecule has 0 radical (unpaired) electrons. The van der Waals surface area contributed by atoms with Gasteiger partial charge in [-0.15, -0.1) is 0 Å². The third-order valence-electron chi connectivity index (χ3n) is 8.56. The number of hydrogen-bond donors (Lipinski definition) is 0. The first-order chi connectivity index (χ1) is 24.0. The van der Waals surface area contributed by atoms with Gasteiger partial charge in [0, 0.05) is 47.9 Å². The van der Waals surface area contributed by atoms with E-state index in [0.717, 1.165) is 24.3 Å². The Morgan fingerprint density at radius 2 is 0.620 bits per heavy atom. The van der Waals surface area contributed by atoms with Crippen molar-refractivity contribution in [3.63, 3.8) is 0 Å². The lowest BCUT2D eigenvalue weighted by Gasteiger charge is -2.20. The van der Waals surface area contributed by atoms with Gasteiger partial charge in [0.15, 0.2) is 0 Å². The minimum Gasteiger partial charge on any atom is -0.190 e. The molecule has 7 rings (SSSR count). The van der Waals surface area contributed by atoms with Gasteiger partial charge < -0.3 is 0 Å². The summed E-state index contributed by atoms with van der Waals surface area (Å²) >= 11 is 0. The van der Waals surface area contributed by atoms with Gasteiger partial charge in [0.1, 0.15) is 0 Å². The Hall–Kier alpha value is -5.78. The van der Waals surface area contributed by atoms with E-state index in [1.165, 1.54) is 24.3 Å². The Balaban J connectivity index is 1.49. The van der Waals surface area contributed by atoms with Gasteiger partial charge in [-0.25, -0.2) is 0 Å². The Kier molecular flexibility index (Phi) is 8.69. The molecule has 0 saturated heterocycles. The summed E-state index contributed by atoms with van der Waals surface area (Å²) in [6.45, 7) is 0. The molecule has 7 aromatic rings. The molecule has 0 fully saturated rings. The molecule has 50 heavy (non-hydrogen) atoms. The summed E-state index contributed by atoms with van der Waals surface area (Å²) in [5.41, 5.74) is 2.37. The number of halogens is 8. The van der Waals surface area contributed by atoms with Crippen molar-refractivity contribution in [2.24, 2.45) is 0 Å². The maximum Gasteiger partial charge on any atom is 0.219 e. The highest BCUT2D eigenvalue weighted by atomic mass is 19.2. The van der Waals surface area contributed by atoms with Crippen LogP contribution in [0.25, 0.3) is 21.5 Å². The first kappa shape index (κ1) is 32.8. The first-order valence-electron chi connectivity index (χ1n) is 15.2. The Bertz CT molecular complexity index is 2280. The van der Waals surface area contributed by atoms with Crippen LogP contribution in [0.5, 0.6) is 0 Å². The van der Waals surface area contributed by atoms with Crippen LogP contribution < -0.4 is 0 Å². The van der Waals surface area contributed by atoms with Crippen LogP contribution >= 0.6 is 0 Å².